The van der Waals surface area contributed by atoms with E-state index in [2.05, 4.69) is 4.98 Å². The van der Waals surface area contributed by atoms with Crippen molar-refractivity contribution in [3.05, 3.63) is 16.1 Å². The van der Waals surface area contributed by atoms with Gasteiger partial charge in [0.2, 0.25) is 0 Å². The van der Waals surface area contributed by atoms with Crippen molar-refractivity contribution in [2.45, 2.75) is 32.7 Å². The number of aromatic nitrogens is 1. The second-order valence-corrected chi connectivity index (χ2v) is 4.08. The summed E-state index contributed by atoms with van der Waals surface area (Å²) in [6, 6.07) is -0.384. The van der Waals surface area contributed by atoms with Gasteiger partial charge in [-0.15, -0.1) is 11.3 Å². The molecule has 2 N–H and O–H groups in total. The predicted octanol–water partition coefficient (Wildman–Crippen LogP) is 1.76. The van der Waals surface area contributed by atoms with Gasteiger partial charge in [-0.1, -0.05) is 13.3 Å². The fourth-order valence-electron chi connectivity index (χ4n) is 1.16. The van der Waals surface area contributed by atoms with Gasteiger partial charge in [0.15, 0.2) is 5.78 Å². The summed E-state index contributed by atoms with van der Waals surface area (Å²) in [7, 11) is 0. The summed E-state index contributed by atoms with van der Waals surface area (Å²) in [5.41, 5.74) is 7.93. The second kappa shape index (κ2) is 4.48. The standard InChI is InChI=1S/C9H14N2OS/c1-3-4-7(10)9(12)8-6(2)13-5-11-8/h5,7H,3-4,10H2,1-2H3. The van der Waals surface area contributed by atoms with Crippen LogP contribution in [0.3, 0.4) is 0 Å². The Morgan fingerprint density at radius 2 is 2.46 bits per heavy atom. The highest BCUT2D eigenvalue weighted by molar-refractivity contribution is 7.09. The van der Waals surface area contributed by atoms with E-state index in [-0.39, 0.29) is 11.8 Å². The van der Waals surface area contributed by atoms with Crippen LogP contribution in [0.25, 0.3) is 0 Å². The van der Waals surface area contributed by atoms with Crippen molar-refractivity contribution in [1.29, 1.82) is 0 Å². The summed E-state index contributed by atoms with van der Waals surface area (Å²) in [5, 5.41) is 0. The quantitative estimate of drug-likeness (QED) is 0.750. The zero-order valence-corrected chi connectivity index (χ0v) is 8.73. The third-order valence-corrected chi connectivity index (χ3v) is 2.67. The van der Waals surface area contributed by atoms with Crippen molar-refractivity contribution in [3.63, 3.8) is 0 Å². The Hall–Kier alpha value is -0.740. The number of nitrogens with zero attached hydrogens (tertiary/aromatic N) is 1. The van der Waals surface area contributed by atoms with Crippen molar-refractivity contribution in [1.82, 2.24) is 4.98 Å². The summed E-state index contributed by atoms with van der Waals surface area (Å²) in [6.45, 7) is 3.91. The number of thiazole rings is 1. The van der Waals surface area contributed by atoms with Gasteiger partial charge < -0.3 is 5.73 Å². The molecule has 0 spiro atoms. The minimum Gasteiger partial charge on any atom is -0.321 e. The van der Waals surface area contributed by atoms with Crippen molar-refractivity contribution in [2.24, 2.45) is 5.73 Å². The molecule has 1 aromatic rings. The number of carbonyl (C=O) groups is 1. The molecule has 13 heavy (non-hydrogen) atoms. The molecule has 0 aliphatic carbocycles. The molecule has 0 saturated heterocycles. The lowest BCUT2D eigenvalue weighted by atomic mass is 10.1. The largest absolute Gasteiger partial charge is 0.321 e. The molecule has 0 bridgehead atoms. The molecular formula is C9H14N2OS. The van der Waals surface area contributed by atoms with Gasteiger partial charge in [-0.2, -0.15) is 0 Å². The zero-order valence-electron chi connectivity index (χ0n) is 7.91. The van der Waals surface area contributed by atoms with E-state index in [4.69, 9.17) is 5.73 Å². The van der Waals surface area contributed by atoms with Crippen molar-refractivity contribution < 1.29 is 4.79 Å². The third kappa shape index (κ3) is 2.35. The number of carbonyl (C=O) groups excluding carboxylic acids is 1. The molecule has 1 unspecified atom stereocenters. The van der Waals surface area contributed by atoms with Crippen LogP contribution in [-0.4, -0.2) is 16.8 Å². The molecule has 1 rings (SSSR count). The molecule has 4 heteroatoms. The molecule has 1 atom stereocenters. The number of hydrogen-bond donors (Lipinski definition) is 1. The number of nitrogens with two attached hydrogens (primary N) is 1. The van der Waals surface area contributed by atoms with Crippen LogP contribution < -0.4 is 5.73 Å². The fourth-order valence-corrected chi connectivity index (χ4v) is 1.74. The first-order valence-corrected chi connectivity index (χ1v) is 5.24. The Morgan fingerprint density at radius 1 is 1.77 bits per heavy atom. The van der Waals surface area contributed by atoms with E-state index in [9.17, 15) is 4.79 Å². The van der Waals surface area contributed by atoms with E-state index in [0.717, 1.165) is 17.7 Å². The van der Waals surface area contributed by atoms with Gasteiger partial charge in [-0.3, -0.25) is 4.79 Å². The number of rotatable bonds is 4. The lowest BCUT2D eigenvalue weighted by Gasteiger charge is -2.06. The molecule has 1 heterocycles. The van der Waals surface area contributed by atoms with Gasteiger partial charge in [0.1, 0.15) is 5.69 Å². The molecule has 0 aliphatic rings. The Labute approximate surface area is 82.0 Å². The lowest BCUT2D eigenvalue weighted by molar-refractivity contribution is 0.0952. The van der Waals surface area contributed by atoms with Gasteiger partial charge in [0.05, 0.1) is 11.6 Å². The number of aryl methyl sites for hydroxylation is 1. The monoisotopic (exact) mass is 198 g/mol. The average Bonchev–Trinajstić information content (AvgIpc) is 2.50. The topological polar surface area (TPSA) is 56.0 Å². The third-order valence-electron chi connectivity index (χ3n) is 1.91. The van der Waals surface area contributed by atoms with E-state index < -0.39 is 0 Å². The maximum Gasteiger partial charge on any atom is 0.198 e. The molecule has 72 valence electrons. The minimum absolute atomic E-state index is 0.0272. The van der Waals surface area contributed by atoms with Crippen LogP contribution >= 0.6 is 11.3 Å². The normalized spacial score (nSPS) is 12.8. The highest BCUT2D eigenvalue weighted by Gasteiger charge is 2.18. The minimum atomic E-state index is -0.384. The van der Waals surface area contributed by atoms with Gasteiger partial charge >= 0.3 is 0 Å². The first-order valence-electron chi connectivity index (χ1n) is 4.36. The average molecular weight is 198 g/mol. The lowest BCUT2D eigenvalue weighted by Crippen LogP contribution is -2.30. The molecule has 3 nitrogen and oxygen atoms in total. The zero-order chi connectivity index (χ0) is 9.84. The van der Waals surface area contributed by atoms with Crippen LogP contribution in [0.5, 0.6) is 0 Å². The van der Waals surface area contributed by atoms with Crippen LogP contribution in [0, 0.1) is 6.92 Å². The summed E-state index contributed by atoms with van der Waals surface area (Å²) < 4.78 is 0. The highest BCUT2D eigenvalue weighted by Crippen LogP contribution is 2.13. The first kappa shape index (κ1) is 10.3. The summed E-state index contributed by atoms with van der Waals surface area (Å²) in [5.74, 6) is -0.0272. The molecule has 0 aliphatic heterocycles. The summed E-state index contributed by atoms with van der Waals surface area (Å²) >= 11 is 1.48. The van der Waals surface area contributed by atoms with Gasteiger partial charge in [0, 0.05) is 4.88 Å². The Kier molecular flexibility index (Phi) is 3.57. The van der Waals surface area contributed by atoms with Crippen molar-refractivity contribution >= 4 is 17.1 Å². The fraction of sp³-hybridized carbons (Fsp3) is 0.556. The van der Waals surface area contributed by atoms with Crippen molar-refractivity contribution in [2.75, 3.05) is 0 Å². The van der Waals surface area contributed by atoms with Crippen LogP contribution in [0.4, 0.5) is 0 Å². The molecule has 0 saturated carbocycles. The summed E-state index contributed by atoms with van der Waals surface area (Å²) in [4.78, 5) is 16.6. The van der Waals surface area contributed by atoms with E-state index in [1.165, 1.54) is 11.3 Å². The predicted molar refractivity (Wildman–Crippen MR) is 54.1 cm³/mol. The molecule has 0 radical (unpaired) electrons. The number of Topliss-reactive ketones (excluding diaryl/α,β-unsaturated/α-hetero) is 1. The Morgan fingerprint density at radius 3 is 2.92 bits per heavy atom. The van der Waals surface area contributed by atoms with E-state index in [1.807, 2.05) is 13.8 Å². The Balaban J connectivity index is 2.73. The highest BCUT2D eigenvalue weighted by atomic mass is 32.1. The molecule has 0 amide bonds. The number of ketones is 1. The van der Waals surface area contributed by atoms with Crippen LogP contribution in [0.1, 0.15) is 35.1 Å². The van der Waals surface area contributed by atoms with Crippen molar-refractivity contribution in [3.8, 4) is 0 Å². The summed E-state index contributed by atoms with van der Waals surface area (Å²) in [6.07, 6.45) is 1.66. The molecule has 0 fully saturated rings. The smallest absolute Gasteiger partial charge is 0.198 e. The maximum absolute atomic E-state index is 11.6. The Bertz CT molecular complexity index is 296. The van der Waals surface area contributed by atoms with Crippen LogP contribution in [0.2, 0.25) is 0 Å². The van der Waals surface area contributed by atoms with Gasteiger partial charge in [0.25, 0.3) is 0 Å². The first-order chi connectivity index (χ1) is 6.16. The van der Waals surface area contributed by atoms with E-state index in [0.29, 0.717) is 5.69 Å². The van der Waals surface area contributed by atoms with E-state index >= 15 is 0 Å². The molecule has 0 aromatic carbocycles. The molecule has 1 aromatic heterocycles. The SMILES string of the molecule is CCCC(N)C(=O)c1ncsc1C. The van der Waals surface area contributed by atoms with Gasteiger partial charge in [-0.25, -0.2) is 4.98 Å². The van der Waals surface area contributed by atoms with Crippen LogP contribution in [-0.2, 0) is 0 Å². The van der Waals surface area contributed by atoms with Crippen LogP contribution in [0.15, 0.2) is 5.51 Å². The number of hydrogen-bond acceptors (Lipinski definition) is 4. The second-order valence-electron chi connectivity index (χ2n) is 3.02. The van der Waals surface area contributed by atoms with E-state index in [1.54, 1.807) is 5.51 Å². The van der Waals surface area contributed by atoms with Gasteiger partial charge in [-0.05, 0) is 13.3 Å². The maximum atomic E-state index is 11.6. The molecular weight excluding hydrogens is 184 g/mol.